The minimum atomic E-state index is -0.721. The van der Waals surface area contributed by atoms with Crippen molar-refractivity contribution < 1.29 is 14.3 Å². The number of hydrogen-bond acceptors (Lipinski definition) is 3. The van der Waals surface area contributed by atoms with Crippen LogP contribution in [0, 0.1) is 11.8 Å². The SMILES string of the molecule is NC(=O)CNC(=O)OCC#Cc1cccc2ccccc12. The number of primary amides is 1. The van der Waals surface area contributed by atoms with Crippen LogP contribution in [-0.4, -0.2) is 25.2 Å². The average Bonchev–Trinajstić information content (AvgIpc) is 2.49. The van der Waals surface area contributed by atoms with E-state index in [0.717, 1.165) is 16.3 Å². The summed E-state index contributed by atoms with van der Waals surface area (Å²) in [6.07, 6.45) is -0.721. The van der Waals surface area contributed by atoms with Gasteiger partial charge in [-0.25, -0.2) is 4.79 Å². The molecule has 0 fully saturated rings. The maximum atomic E-state index is 11.2. The van der Waals surface area contributed by atoms with Crippen molar-refractivity contribution >= 4 is 22.8 Å². The summed E-state index contributed by atoms with van der Waals surface area (Å²) in [7, 11) is 0. The van der Waals surface area contributed by atoms with Crippen molar-refractivity contribution in [1.29, 1.82) is 0 Å². The van der Waals surface area contributed by atoms with Crippen LogP contribution >= 0.6 is 0 Å². The summed E-state index contributed by atoms with van der Waals surface area (Å²) in [4.78, 5) is 21.6. The largest absolute Gasteiger partial charge is 0.436 e. The lowest BCUT2D eigenvalue weighted by Gasteiger charge is -2.01. The van der Waals surface area contributed by atoms with E-state index in [1.54, 1.807) is 0 Å². The molecule has 2 aromatic carbocycles. The third-order valence-electron chi connectivity index (χ3n) is 2.70. The van der Waals surface area contributed by atoms with Gasteiger partial charge in [-0.3, -0.25) is 4.79 Å². The number of alkyl carbamates (subject to hydrolysis) is 1. The smallest absolute Gasteiger partial charge is 0.408 e. The summed E-state index contributed by atoms with van der Waals surface area (Å²) in [5.41, 5.74) is 5.76. The molecule has 0 aromatic heterocycles. The summed E-state index contributed by atoms with van der Waals surface area (Å²) in [6.45, 7) is -0.316. The molecule has 0 unspecified atom stereocenters. The quantitative estimate of drug-likeness (QED) is 0.835. The standard InChI is InChI=1S/C16H14N2O3/c17-15(19)11-18-16(20)21-10-4-8-13-7-3-6-12-5-1-2-9-14(12)13/h1-3,5-7,9H,10-11H2,(H2,17,19)(H,18,20). The van der Waals surface area contributed by atoms with Crippen LogP contribution in [0.15, 0.2) is 42.5 Å². The van der Waals surface area contributed by atoms with Gasteiger partial charge < -0.3 is 15.8 Å². The van der Waals surface area contributed by atoms with Crippen molar-refractivity contribution in [3.05, 3.63) is 48.0 Å². The number of rotatable bonds is 3. The first-order valence-corrected chi connectivity index (χ1v) is 6.32. The number of nitrogens with one attached hydrogen (secondary N) is 1. The van der Waals surface area contributed by atoms with Gasteiger partial charge in [0.05, 0.1) is 6.54 Å². The fourth-order valence-corrected chi connectivity index (χ4v) is 1.78. The lowest BCUT2D eigenvalue weighted by atomic mass is 10.1. The molecule has 0 saturated carbocycles. The second-order valence-corrected chi connectivity index (χ2v) is 4.22. The number of carbonyl (C=O) groups excluding carboxylic acids is 2. The Balaban J connectivity index is 1.96. The summed E-state index contributed by atoms with van der Waals surface area (Å²) in [5, 5.41) is 4.36. The molecule has 0 radical (unpaired) electrons. The molecule has 5 heteroatoms. The molecular formula is C16H14N2O3. The first-order chi connectivity index (χ1) is 10.2. The number of ether oxygens (including phenoxy) is 1. The van der Waals surface area contributed by atoms with Crippen molar-refractivity contribution in [2.24, 2.45) is 5.73 Å². The monoisotopic (exact) mass is 282 g/mol. The van der Waals surface area contributed by atoms with Crippen molar-refractivity contribution in [1.82, 2.24) is 5.32 Å². The number of nitrogens with two attached hydrogens (primary N) is 1. The van der Waals surface area contributed by atoms with Crippen molar-refractivity contribution in [2.45, 2.75) is 0 Å². The Morgan fingerprint density at radius 3 is 2.71 bits per heavy atom. The molecule has 2 amide bonds. The highest BCUT2D eigenvalue weighted by molar-refractivity contribution is 5.88. The highest BCUT2D eigenvalue weighted by Gasteiger charge is 2.01. The van der Waals surface area contributed by atoms with E-state index in [9.17, 15) is 9.59 Å². The fourth-order valence-electron chi connectivity index (χ4n) is 1.78. The van der Waals surface area contributed by atoms with Crippen LogP contribution in [0.2, 0.25) is 0 Å². The van der Waals surface area contributed by atoms with Gasteiger partial charge in [0, 0.05) is 5.56 Å². The first-order valence-electron chi connectivity index (χ1n) is 6.32. The molecule has 0 aliphatic rings. The van der Waals surface area contributed by atoms with E-state index < -0.39 is 12.0 Å². The first kappa shape index (κ1) is 14.4. The molecule has 0 aliphatic carbocycles. The lowest BCUT2D eigenvalue weighted by Crippen LogP contribution is -2.33. The van der Waals surface area contributed by atoms with Crippen LogP contribution < -0.4 is 11.1 Å². The lowest BCUT2D eigenvalue weighted by molar-refractivity contribution is -0.117. The molecule has 0 heterocycles. The molecule has 0 bridgehead atoms. The fraction of sp³-hybridized carbons (Fsp3) is 0.125. The normalized spacial score (nSPS) is 9.52. The van der Waals surface area contributed by atoms with E-state index in [-0.39, 0.29) is 13.2 Å². The Labute approximate surface area is 122 Å². The zero-order valence-electron chi connectivity index (χ0n) is 11.3. The Bertz CT molecular complexity index is 724. The van der Waals surface area contributed by atoms with E-state index in [2.05, 4.69) is 17.2 Å². The van der Waals surface area contributed by atoms with Gasteiger partial charge in [-0.15, -0.1) is 0 Å². The Morgan fingerprint density at radius 2 is 1.90 bits per heavy atom. The Hall–Kier alpha value is -3.00. The van der Waals surface area contributed by atoms with Gasteiger partial charge in [0.15, 0.2) is 6.61 Å². The van der Waals surface area contributed by atoms with Crippen molar-refractivity contribution in [3.8, 4) is 11.8 Å². The van der Waals surface area contributed by atoms with Crippen molar-refractivity contribution in [2.75, 3.05) is 13.2 Å². The second kappa shape index (κ2) is 6.96. The molecule has 0 saturated heterocycles. The number of hydrogen-bond donors (Lipinski definition) is 2. The van der Waals surface area contributed by atoms with Gasteiger partial charge in [-0.05, 0) is 16.8 Å². The van der Waals surface area contributed by atoms with Crippen LogP contribution in [0.1, 0.15) is 5.56 Å². The predicted molar refractivity (Wildman–Crippen MR) is 79.4 cm³/mol. The van der Waals surface area contributed by atoms with Gasteiger partial charge in [-0.1, -0.05) is 48.2 Å². The topological polar surface area (TPSA) is 81.4 Å². The molecule has 0 spiro atoms. The highest BCUT2D eigenvalue weighted by Crippen LogP contribution is 2.17. The second-order valence-electron chi connectivity index (χ2n) is 4.22. The van der Waals surface area contributed by atoms with Gasteiger partial charge in [-0.2, -0.15) is 0 Å². The highest BCUT2D eigenvalue weighted by atomic mass is 16.5. The van der Waals surface area contributed by atoms with Gasteiger partial charge in [0.2, 0.25) is 5.91 Å². The van der Waals surface area contributed by atoms with Crippen LogP contribution in [0.25, 0.3) is 10.8 Å². The number of carbonyl (C=O) groups is 2. The van der Waals surface area contributed by atoms with Gasteiger partial charge in [0.25, 0.3) is 0 Å². The molecule has 0 atom stereocenters. The maximum absolute atomic E-state index is 11.2. The molecule has 5 nitrogen and oxygen atoms in total. The van der Waals surface area contributed by atoms with Gasteiger partial charge in [0.1, 0.15) is 0 Å². The summed E-state index contributed by atoms with van der Waals surface area (Å²) in [6, 6.07) is 13.7. The molecule has 0 aliphatic heterocycles. The molecule has 21 heavy (non-hydrogen) atoms. The third-order valence-corrected chi connectivity index (χ3v) is 2.70. The van der Waals surface area contributed by atoms with Crippen LogP contribution in [-0.2, 0) is 9.53 Å². The van der Waals surface area contributed by atoms with Crippen LogP contribution in [0.4, 0.5) is 4.79 Å². The Kier molecular flexibility index (Phi) is 4.78. The summed E-state index contributed by atoms with van der Waals surface area (Å²) < 4.78 is 4.79. The Morgan fingerprint density at radius 1 is 1.14 bits per heavy atom. The minimum Gasteiger partial charge on any atom is -0.436 e. The van der Waals surface area contributed by atoms with E-state index in [1.807, 2.05) is 42.5 Å². The van der Waals surface area contributed by atoms with Gasteiger partial charge >= 0.3 is 6.09 Å². The average molecular weight is 282 g/mol. The minimum absolute atomic E-state index is 0.0617. The number of fused-ring (bicyclic) bond motifs is 1. The van der Waals surface area contributed by atoms with E-state index in [1.165, 1.54) is 0 Å². The van der Waals surface area contributed by atoms with Crippen LogP contribution in [0.5, 0.6) is 0 Å². The summed E-state index contributed by atoms with van der Waals surface area (Å²) >= 11 is 0. The van der Waals surface area contributed by atoms with E-state index in [0.29, 0.717) is 0 Å². The molecular weight excluding hydrogens is 268 g/mol. The van der Waals surface area contributed by atoms with E-state index >= 15 is 0 Å². The number of benzene rings is 2. The van der Waals surface area contributed by atoms with E-state index in [4.69, 9.17) is 10.5 Å². The van der Waals surface area contributed by atoms with Crippen molar-refractivity contribution in [3.63, 3.8) is 0 Å². The zero-order chi connectivity index (χ0) is 15.1. The number of amides is 2. The summed E-state index contributed by atoms with van der Waals surface area (Å²) in [5.74, 6) is 5.09. The molecule has 3 N–H and O–H groups in total. The zero-order valence-corrected chi connectivity index (χ0v) is 11.3. The maximum Gasteiger partial charge on any atom is 0.408 e. The molecule has 106 valence electrons. The molecule has 2 rings (SSSR count). The molecule has 2 aromatic rings. The van der Waals surface area contributed by atoms with Crippen LogP contribution in [0.3, 0.4) is 0 Å². The predicted octanol–water partition coefficient (Wildman–Crippen LogP) is 1.40. The third kappa shape index (κ3) is 4.25.